The molecule has 0 fully saturated rings. The van der Waals surface area contributed by atoms with E-state index in [2.05, 4.69) is 4.98 Å². The highest BCUT2D eigenvalue weighted by Gasteiger charge is 2.07. The molecule has 5 heteroatoms. The number of nitrogen functional groups attached to an aromatic ring is 1. The van der Waals surface area contributed by atoms with Crippen LogP contribution in [0.1, 0.15) is 0 Å². The summed E-state index contributed by atoms with van der Waals surface area (Å²) in [5, 5.41) is 0. The van der Waals surface area contributed by atoms with Gasteiger partial charge in [0.05, 0.1) is 12.2 Å². The highest BCUT2D eigenvalue weighted by molar-refractivity contribution is 5.80. The minimum absolute atomic E-state index is 0.112. The van der Waals surface area contributed by atoms with Gasteiger partial charge >= 0.3 is 0 Å². The number of amides is 1. The SMILES string of the molecule is CN(CC(N)=O)c1ncccc1N. The fourth-order valence-corrected chi connectivity index (χ4v) is 1.04. The zero-order valence-corrected chi connectivity index (χ0v) is 7.40. The normalized spacial score (nSPS) is 9.62. The Morgan fingerprint density at radius 3 is 2.92 bits per heavy atom. The van der Waals surface area contributed by atoms with Gasteiger partial charge in [-0.3, -0.25) is 4.79 Å². The molecule has 0 atom stereocenters. The second-order valence-corrected chi connectivity index (χ2v) is 2.74. The third kappa shape index (κ3) is 2.33. The Hall–Kier alpha value is -1.78. The summed E-state index contributed by atoms with van der Waals surface area (Å²) in [7, 11) is 1.71. The maximum absolute atomic E-state index is 10.6. The number of likely N-dealkylation sites (N-methyl/N-ethyl adjacent to an activating group) is 1. The Morgan fingerprint density at radius 1 is 1.69 bits per heavy atom. The summed E-state index contributed by atoms with van der Waals surface area (Å²) in [6.45, 7) is 0.112. The third-order valence-corrected chi connectivity index (χ3v) is 1.57. The van der Waals surface area contributed by atoms with Crippen molar-refractivity contribution in [1.82, 2.24) is 4.98 Å². The molecule has 1 heterocycles. The van der Waals surface area contributed by atoms with E-state index in [1.165, 1.54) is 0 Å². The Labute approximate surface area is 76.3 Å². The number of pyridine rings is 1. The fourth-order valence-electron chi connectivity index (χ4n) is 1.04. The van der Waals surface area contributed by atoms with Crippen LogP contribution in [0.2, 0.25) is 0 Å². The van der Waals surface area contributed by atoms with Crippen LogP contribution >= 0.6 is 0 Å². The van der Waals surface area contributed by atoms with Crippen LogP contribution < -0.4 is 16.4 Å². The van der Waals surface area contributed by atoms with Crippen molar-refractivity contribution < 1.29 is 4.79 Å². The number of anilines is 2. The topological polar surface area (TPSA) is 85.2 Å². The van der Waals surface area contributed by atoms with Crippen molar-refractivity contribution in [3.8, 4) is 0 Å². The summed E-state index contributed by atoms with van der Waals surface area (Å²) in [4.78, 5) is 16.2. The van der Waals surface area contributed by atoms with Crippen molar-refractivity contribution in [2.45, 2.75) is 0 Å². The van der Waals surface area contributed by atoms with Gasteiger partial charge in [0.15, 0.2) is 5.82 Å². The molecule has 0 spiro atoms. The van der Waals surface area contributed by atoms with Crippen molar-refractivity contribution in [3.05, 3.63) is 18.3 Å². The molecule has 0 aliphatic carbocycles. The average molecular weight is 180 g/mol. The second kappa shape index (κ2) is 3.75. The first-order valence-corrected chi connectivity index (χ1v) is 3.81. The summed E-state index contributed by atoms with van der Waals surface area (Å²) >= 11 is 0. The predicted molar refractivity (Wildman–Crippen MR) is 51.1 cm³/mol. The van der Waals surface area contributed by atoms with E-state index >= 15 is 0 Å². The first-order valence-electron chi connectivity index (χ1n) is 3.81. The summed E-state index contributed by atoms with van der Waals surface area (Å²) in [5.74, 6) is 0.161. The molecule has 13 heavy (non-hydrogen) atoms. The van der Waals surface area contributed by atoms with Crippen LogP contribution in [0.25, 0.3) is 0 Å². The van der Waals surface area contributed by atoms with Gasteiger partial charge in [-0.05, 0) is 12.1 Å². The number of rotatable bonds is 3. The molecule has 70 valence electrons. The molecule has 4 N–H and O–H groups in total. The van der Waals surface area contributed by atoms with E-state index in [9.17, 15) is 4.79 Å². The van der Waals surface area contributed by atoms with E-state index in [1.54, 1.807) is 30.3 Å². The summed E-state index contributed by atoms with van der Waals surface area (Å²) < 4.78 is 0. The molecule has 1 amide bonds. The number of carbonyl (C=O) groups is 1. The largest absolute Gasteiger partial charge is 0.396 e. The fraction of sp³-hybridized carbons (Fsp3) is 0.250. The maximum Gasteiger partial charge on any atom is 0.236 e. The van der Waals surface area contributed by atoms with E-state index < -0.39 is 5.91 Å². The van der Waals surface area contributed by atoms with Crippen molar-refractivity contribution in [2.75, 3.05) is 24.2 Å². The molecule has 1 aromatic rings. The van der Waals surface area contributed by atoms with Gasteiger partial charge in [0.25, 0.3) is 0 Å². The molecular formula is C8H12N4O. The number of hydrogen-bond acceptors (Lipinski definition) is 4. The minimum Gasteiger partial charge on any atom is -0.396 e. The highest BCUT2D eigenvalue weighted by atomic mass is 16.1. The van der Waals surface area contributed by atoms with Crippen molar-refractivity contribution >= 4 is 17.4 Å². The van der Waals surface area contributed by atoms with Crippen LogP contribution in [0.3, 0.4) is 0 Å². The second-order valence-electron chi connectivity index (χ2n) is 2.74. The van der Waals surface area contributed by atoms with Crippen molar-refractivity contribution in [1.29, 1.82) is 0 Å². The van der Waals surface area contributed by atoms with Crippen LogP contribution in [0.5, 0.6) is 0 Å². The molecule has 1 aromatic heterocycles. The minimum atomic E-state index is -0.410. The lowest BCUT2D eigenvalue weighted by Gasteiger charge is -2.17. The van der Waals surface area contributed by atoms with E-state index in [1.807, 2.05) is 0 Å². The molecule has 0 saturated carbocycles. The standard InChI is InChI=1S/C8H12N4O/c1-12(5-7(10)13)8-6(9)3-2-4-11-8/h2-4H,5,9H2,1H3,(H2,10,13). The lowest BCUT2D eigenvalue weighted by molar-refractivity contribution is -0.116. The number of nitrogens with two attached hydrogens (primary N) is 2. The molecule has 0 unspecified atom stereocenters. The van der Waals surface area contributed by atoms with Gasteiger partial charge in [-0.15, -0.1) is 0 Å². The number of primary amides is 1. The quantitative estimate of drug-likeness (QED) is 0.661. The van der Waals surface area contributed by atoms with Crippen LogP contribution in [-0.4, -0.2) is 24.5 Å². The number of nitrogens with zero attached hydrogens (tertiary/aromatic N) is 2. The molecule has 0 saturated heterocycles. The van der Waals surface area contributed by atoms with Crippen molar-refractivity contribution in [2.24, 2.45) is 5.73 Å². The van der Waals surface area contributed by atoms with Gasteiger partial charge in [0, 0.05) is 13.2 Å². The van der Waals surface area contributed by atoms with E-state index in [0.717, 1.165) is 0 Å². The zero-order chi connectivity index (χ0) is 9.84. The summed E-state index contributed by atoms with van der Waals surface area (Å²) in [5.41, 5.74) is 11.2. The first-order chi connectivity index (χ1) is 6.11. The Balaban J connectivity index is 2.82. The maximum atomic E-state index is 10.6. The molecule has 1 rings (SSSR count). The molecular weight excluding hydrogens is 168 g/mol. The van der Waals surface area contributed by atoms with Crippen LogP contribution in [0.15, 0.2) is 18.3 Å². The molecule has 0 aromatic carbocycles. The molecule has 5 nitrogen and oxygen atoms in total. The van der Waals surface area contributed by atoms with E-state index in [0.29, 0.717) is 11.5 Å². The predicted octanol–water partition coefficient (Wildman–Crippen LogP) is -0.415. The van der Waals surface area contributed by atoms with Crippen LogP contribution in [0.4, 0.5) is 11.5 Å². The molecule has 0 aliphatic heterocycles. The zero-order valence-electron chi connectivity index (χ0n) is 7.40. The highest BCUT2D eigenvalue weighted by Crippen LogP contribution is 2.16. The summed E-state index contributed by atoms with van der Waals surface area (Å²) in [6, 6.07) is 3.46. The molecule has 0 bridgehead atoms. The van der Waals surface area contributed by atoms with Gasteiger partial charge in [0.1, 0.15) is 0 Å². The smallest absolute Gasteiger partial charge is 0.236 e. The van der Waals surface area contributed by atoms with Gasteiger partial charge in [-0.25, -0.2) is 4.98 Å². The van der Waals surface area contributed by atoms with E-state index in [4.69, 9.17) is 11.5 Å². The average Bonchev–Trinajstić information content (AvgIpc) is 2.03. The van der Waals surface area contributed by atoms with Crippen LogP contribution in [-0.2, 0) is 4.79 Å². The lowest BCUT2D eigenvalue weighted by Crippen LogP contribution is -2.31. The number of aromatic nitrogens is 1. The van der Waals surface area contributed by atoms with Crippen LogP contribution in [0, 0.1) is 0 Å². The van der Waals surface area contributed by atoms with Gasteiger partial charge < -0.3 is 16.4 Å². The monoisotopic (exact) mass is 180 g/mol. The molecule has 0 aliphatic rings. The van der Waals surface area contributed by atoms with E-state index in [-0.39, 0.29) is 6.54 Å². The Bertz CT molecular complexity index is 313. The summed E-state index contributed by atoms with van der Waals surface area (Å²) in [6.07, 6.45) is 1.61. The number of carbonyl (C=O) groups excluding carboxylic acids is 1. The van der Waals surface area contributed by atoms with Gasteiger partial charge in [0.2, 0.25) is 5.91 Å². The van der Waals surface area contributed by atoms with Gasteiger partial charge in [-0.1, -0.05) is 0 Å². The third-order valence-electron chi connectivity index (χ3n) is 1.57. The van der Waals surface area contributed by atoms with Gasteiger partial charge in [-0.2, -0.15) is 0 Å². The molecule has 0 radical (unpaired) electrons. The van der Waals surface area contributed by atoms with Crippen molar-refractivity contribution in [3.63, 3.8) is 0 Å². The Kier molecular flexibility index (Phi) is 2.69. The first kappa shape index (κ1) is 9.31. The lowest BCUT2D eigenvalue weighted by atomic mass is 10.3. The number of hydrogen-bond donors (Lipinski definition) is 2. The Morgan fingerprint density at radius 2 is 2.38 bits per heavy atom.